The second-order valence-corrected chi connectivity index (χ2v) is 6.62. The fraction of sp³-hybridized carbons (Fsp3) is 0.273. The van der Waals surface area contributed by atoms with Crippen LogP contribution in [0.25, 0.3) is 6.08 Å². The molecular weight excluding hydrogens is 399 g/mol. The van der Waals surface area contributed by atoms with Crippen LogP contribution in [-0.2, 0) is 15.7 Å². The molecule has 2 aromatic rings. The van der Waals surface area contributed by atoms with Crippen molar-refractivity contribution in [2.24, 2.45) is 0 Å². The number of allylic oxidation sites excluding steroid dienone is 1. The monoisotopic (exact) mass is 419 g/mol. The molecule has 0 aliphatic carbocycles. The molecule has 30 heavy (non-hydrogen) atoms. The van der Waals surface area contributed by atoms with Crippen molar-refractivity contribution in [1.29, 1.82) is 0 Å². The van der Waals surface area contributed by atoms with Crippen molar-refractivity contribution in [1.82, 2.24) is 4.90 Å². The van der Waals surface area contributed by atoms with E-state index < -0.39 is 11.7 Å². The molecule has 0 spiro atoms. The molecule has 0 radical (unpaired) electrons. The molecule has 0 aromatic heterocycles. The van der Waals surface area contributed by atoms with E-state index >= 15 is 0 Å². The van der Waals surface area contributed by atoms with Crippen LogP contribution in [0.4, 0.5) is 13.2 Å². The molecule has 0 bridgehead atoms. The Morgan fingerprint density at radius 2 is 1.63 bits per heavy atom. The lowest BCUT2D eigenvalue weighted by molar-refractivity contribution is -0.138. The topological polar surface area (TPSA) is 55.8 Å². The van der Waals surface area contributed by atoms with Crippen molar-refractivity contribution >= 4 is 17.8 Å². The van der Waals surface area contributed by atoms with Gasteiger partial charge in [0.15, 0.2) is 12.4 Å². The zero-order chi connectivity index (χ0) is 21.6. The largest absolute Gasteiger partial charge is 0.484 e. The second kappa shape index (κ2) is 9.58. The maximum absolute atomic E-state index is 12.6. The SMILES string of the molecule is O=C(C=Cc1ccc(C(F)(F)F)cc1)c1ccc(OCC(=O)N2CCOCC2)cc1. The number of carbonyl (C=O) groups excluding carboxylic acids is 2. The van der Waals surface area contributed by atoms with Crippen LogP contribution in [-0.4, -0.2) is 49.5 Å². The standard InChI is InChI=1S/C22H20F3NO4/c23-22(24,25)18-6-1-16(2-7-18)3-10-20(27)17-4-8-19(9-5-17)30-15-21(28)26-11-13-29-14-12-26/h1-10H,11-15H2. The van der Waals surface area contributed by atoms with Gasteiger partial charge in [0.2, 0.25) is 0 Å². The van der Waals surface area contributed by atoms with Gasteiger partial charge in [0.1, 0.15) is 5.75 Å². The first-order valence-corrected chi connectivity index (χ1v) is 9.31. The second-order valence-electron chi connectivity index (χ2n) is 6.62. The number of ether oxygens (including phenoxy) is 2. The molecule has 0 unspecified atom stereocenters. The summed E-state index contributed by atoms with van der Waals surface area (Å²) in [6.07, 6.45) is -1.65. The summed E-state index contributed by atoms with van der Waals surface area (Å²) < 4.78 is 48.4. The Bertz CT molecular complexity index is 899. The van der Waals surface area contributed by atoms with Gasteiger partial charge in [-0.3, -0.25) is 9.59 Å². The van der Waals surface area contributed by atoms with Gasteiger partial charge in [0, 0.05) is 18.7 Å². The first-order valence-electron chi connectivity index (χ1n) is 9.31. The van der Waals surface area contributed by atoms with Gasteiger partial charge in [-0.2, -0.15) is 13.2 Å². The summed E-state index contributed by atoms with van der Waals surface area (Å²) in [5.41, 5.74) is 0.136. The Morgan fingerprint density at radius 3 is 2.23 bits per heavy atom. The molecule has 2 aromatic carbocycles. The number of rotatable bonds is 6. The molecule has 158 valence electrons. The maximum atomic E-state index is 12.6. The molecule has 0 N–H and O–H groups in total. The normalized spacial score (nSPS) is 14.7. The molecule has 1 aliphatic heterocycles. The summed E-state index contributed by atoms with van der Waals surface area (Å²) in [5, 5.41) is 0. The average Bonchev–Trinajstić information content (AvgIpc) is 2.76. The van der Waals surface area contributed by atoms with Crippen molar-refractivity contribution in [3.05, 3.63) is 71.3 Å². The summed E-state index contributed by atoms with van der Waals surface area (Å²) in [7, 11) is 0. The molecule has 0 saturated carbocycles. The molecule has 3 rings (SSSR count). The summed E-state index contributed by atoms with van der Waals surface area (Å²) in [5.74, 6) is 0.0312. The Hall–Kier alpha value is -3.13. The first-order chi connectivity index (χ1) is 14.3. The average molecular weight is 419 g/mol. The van der Waals surface area contributed by atoms with Gasteiger partial charge in [-0.1, -0.05) is 18.2 Å². The number of amides is 1. The van der Waals surface area contributed by atoms with Crippen LogP contribution in [0, 0.1) is 0 Å². The molecule has 0 atom stereocenters. The third-order valence-corrected chi connectivity index (χ3v) is 4.53. The number of benzene rings is 2. The number of halogens is 3. The van der Waals surface area contributed by atoms with Crippen LogP contribution < -0.4 is 4.74 Å². The molecule has 1 amide bonds. The van der Waals surface area contributed by atoms with Crippen LogP contribution >= 0.6 is 0 Å². The van der Waals surface area contributed by atoms with Crippen molar-refractivity contribution < 1.29 is 32.2 Å². The summed E-state index contributed by atoms with van der Waals surface area (Å²) in [6.45, 7) is 2.02. The Balaban J connectivity index is 1.53. The summed E-state index contributed by atoms with van der Waals surface area (Å²) in [6, 6.07) is 10.8. The third kappa shape index (κ3) is 5.93. The number of hydrogen-bond donors (Lipinski definition) is 0. The third-order valence-electron chi connectivity index (χ3n) is 4.53. The van der Waals surface area contributed by atoms with Crippen LogP contribution in [0.2, 0.25) is 0 Å². The lowest BCUT2D eigenvalue weighted by Crippen LogP contribution is -2.42. The van der Waals surface area contributed by atoms with Gasteiger partial charge in [-0.15, -0.1) is 0 Å². The zero-order valence-corrected chi connectivity index (χ0v) is 16.0. The van der Waals surface area contributed by atoms with E-state index in [9.17, 15) is 22.8 Å². The Kier molecular flexibility index (Phi) is 6.89. The lowest BCUT2D eigenvalue weighted by atomic mass is 10.1. The molecular formula is C22H20F3NO4. The van der Waals surface area contributed by atoms with E-state index in [1.165, 1.54) is 24.3 Å². The van der Waals surface area contributed by atoms with E-state index in [0.717, 1.165) is 12.1 Å². The number of nitrogens with zero attached hydrogens (tertiary/aromatic N) is 1. The number of morpholine rings is 1. The number of alkyl halides is 3. The Morgan fingerprint density at radius 1 is 1.00 bits per heavy atom. The van der Waals surface area contributed by atoms with Gasteiger partial charge >= 0.3 is 6.18 Å². The number of ketones is 1. The quantitative estimate of drug-likeness (QED) is 0.528. The highest BCUT2D eigenvalue weighted by Crippen LogP contribution is 2.29. The minimum Gasteiger partial charge on any atom is -0.484 e. The van der Waals surface area contributed by atoms with Gasteiger partial charge in [0.05, 0.1) is 18.8 Å². The van der Waals surface area contributed by atoms with E-state index in [-0.39, 0.29) is 18.3 Å². The minimum atomic E-state index is -4.39. The van der Waals surface area contributed by atoms with Crippen molar-refractivity contribution in [2.75, 3.05) is 32.9 Å². The van der Waals surface area contributed by atoms with Crippen LogP contribution in [0.15, 0.2) is 54.6 Å². The summed E-state index contributed by atoms with van der Waals surface area (Å²) >= 11 is 0. The van der Waals surface area contributed by atoms with Crippen molar-refractivity contribution in [2.45, 2.75) is 6.18 Å². The smallest absolute Gasteiger partial charge is 0.416 e. The molecule has 1 aliphatic rings. The van der Waals surface area contributed by atoms with Gasteiger partial charge in [0.25, 0.3) is 5.91 Å². The number of hydrogen-bond acceptors (Lipinski definition) is 4. The van der Waals surface area contributed by atoms with Crippen molar-refractivity contribution in [3.8, 4) is 5.75 Å². The Labute approximate surface area is 171 Å². The fourth-order valence-corrected chi connectivity index (χ4v) is 2.82. The van der Waals surface area contributed by atoms with Gasteiger partial charge in [-0.25, -0.2) is 0 Å². The van der Waals surface area contributed by atoms with Crippen LogP contribution in [0.1, 0.15) is 21.5 Å². The molecule has 5 nitrogen and oxygen atoms in total. The van der Waals surface area contributed by atoms with Crippen LogP contribution in [0.3, 0.4) is 0 Å². The molecule has 8 heteroatoms. The van der Waals surface area contributed by atoms with E-state index in [1.807, 2.05) is 0 Å². The highest BCUT2D eigenvalue weighted by Gasteiger charge is 2.29. The van der Waals surface area contributed by atoms with E-state index in [0.29, 0.717) is 43.2 Å². The van der Waals surface area contributed by atoms with E-state index in [1.54, 1.807) is 29.2 Å². The molecule has 1 fully saturated rings. The first kappa shape index (κ1) is 21.6. The zero-order valence-electron chi connectivity index (χ0n) is 16.0. The van der Waals surface area contributed by atoms with Gasteiger partial charge in [-0.05, 0) is 48.0 Å². The number of carbonyl (C=O) groups is 2. The lowest BCUT2D eigenvalue weighted by Gasteiger charge is -2.26. The molecule has 1 saturated heterocycles. The predicted octanol–water partition coefficient (Wildman–Crippen LogP) is 3.84. The highest BCUT2D eigenvalue weighted by molar-refractivity contribution is 6.06. The van der Waals surface area contributed by atoms with Gasteiger partial charge < -0.3 is 14.4 Å². The van der Waals surface area contributed by atoms with E-state index in [4.69, 9.17) is 9.47 Å². The fourth-order valence-electron chi connectivity index (χ4n) is 2.82. The molecule has 1 heterocycles. The minimum absolute atomic E-state index is 0.0961. The summed E-state index contributed by atoms with van der Waals surface area (Å²) in [4.78, 5) is 26.0. The van der Waals surface area contributed by atoms with E-state index in [2.05, 4.69) is 0 Å². The highest BCUT2D eigenvalue weighted by atomic mass is 19.4. The van der Waals surface area contributed by atoms with Crippen molar-refractivity contribution in [3.63, 3.8) is 0 Å². The predicted molar refractivity (Wildman–Crippen MR) is 104 cm³/mol. The van der Waals surface area contributed by atoms with Crippen LogP contribution in [0.5, 0.6) is 5.75 Å². The maximum Gasteiger partial charge on any atom is 0.416 e.